The van der Waals surface area contributed by atoms with Crippen molar-refractivity contribution < 1.29 is 4.79 Å². The van der Waals surface area contributed by atoms with Gasteiger partial charge in [-0.25, -0.2) is 4.98 Å². The summed E-state index contributed by atoms with van der Waals surface area (Å²) in [5.41, 5.74) is 2.42. The van der Waals surface area contributed by atoms with Crippen LogP contribution in [-0.2, 0) is 4.79 Å². The predicted molar refractivity (Wildman–Crippen MR) is 110 cm³/mol. The summed E-state index contributed by atoms with van der Waals surface area (Å²) in [5.74, 6) is 0.984. The zero-order chi connectivity index (χ0) is 19.5. The highest BCUT2D eigenvalue weighted by Crippen LogP contribution is 2.28. The molecule has 0 aliphatic carbocycles. The number of hydrogen-bond donors (Lipinski definition) is 3. The minimum Gasteiger partial charge on any atom is -0.325 e. The Hall–Kier alpha value is -3.04. The van der Waals surface area contributed by atoms with E-state index in [9.17, 15) is 4.79 Å². The van der Waals surface area contributed by atoms with E-state index in [-0.39, 0.29) is 11.8 Å². The fraction of sp³-hybridized carbons (Fsp3) is 0.111. The monoisotopic (exact) mass is 413 g/mol. The van der Waals surface area contributed by atoms with E-state index in [2.05, 4.69) is 30.8 Å². The largest absolute Gasteiger partial charge is 0.325 e. The molecular formula is C18H16ClN7OS. The highest BCUT2D eigenvalue weighted by Gasteiger charge is 2.10. The summed E-state index contributed by atoms with van der Waals surface area (Å²) in [5, 5.41) is 13.6. The molecule has 28 heavy (non-hydrogen) atoms. The molecule has 3 aromatic heterocycles. The molecule has 4 rings (SSSR count). The Morgan fingerprint density at radius 2 is 2.07 bits per heavy atom. The molecule has 0 radical (unpaired) electrons. The normalized spacial score (nSPS) is 10.9. The molecule has 0 aliphatic heterocycles. The molecule has 0 bridgehead atoms. The lowest BCUT2D eigenvalue weighted by atomic mass is 10.3. The van der Waals surface area contributed by atoms with Crippen LogP contribution in [0.15, 0.2) is 58.7 Å². The van der Waals surface area contributed by atoms with Crippen LogP contribution < -0.4 is 10.6 Å². The third kappa shape index (κ3) is 4.10. The first kappa shape index (κ1) is 18.3. The van der Waals surface area contributed by atoms with Crippen molar-refractivity contribution in [1.29, 1.82) is 0 Å². The van der Waals surface area contributed by atoms with Gasteiger partial charge in [-0.1, -0.05) is 0 Å². The van der Waals surface area contributed by atoms with Crippen LogP contribution in [0.5, 0.6) is 0 Å². The first-order valence-electron chi connectivity index (χ1n) is 8.38. The SMILES string of the molecule is Cc1cc(Nc2nc(Sc3ccc(NC(=O)CCl)cc3)nc3cccn23)n[nH]1. The first-order chi connectivity index (χ1) is 13.6. The molecule has 3 N–H and O–H groups in total. The number of aromatic nitrogens is 5. The highest BCUT2D eigenvalue weighted by molar-refractivity contribution is 7.99. The number of carbonyl (C=O) groups excluding carboxylic acids is 1. The van der Waals surface area contributed by atoms with Crippen LogP contribution in [0.4, 0.5) is 17.5 Å². The van der Waals surface area contributed by atoms with Crippen LogP contribution in [0.2, 0.25) is 0 Å². The van der Waals surface area contributed by atoms with Crippen LogP contribution in [0.25, 0.3) is 5.65 Å². The van der Waals surface area contributed by atoms with E-state index in [0.717, 1.165) is 16.2 Å². The van der Waals surface area contributed by atoms with E-state index < -0.39 is 0 Å². The minimum atomic E-state index is -0.242. The lowest BCUT2D eigenvalue weighted by Crippen LogP contribution is -2.12. The number of nitrogens with one attached hydrogen (secondary N) is 3. The van der Waals surface area contributed by atoms with Crippen molar-refractivity contribution in [3.8, 4) is 0 Å². The topological polar surface area (TPSA) is 100 Å². The molecule has 0 spiro atoms. The number of aryl methyl sites for hydroxylation is 1. The molecule has 10 heteroatoms. The molecule has 0 atom stereocenters. The van der Waals surface area contributed by atoms with E-state index in [1.54, 1.807) is 0 Å². The third-order valence-corrected chi connectivity index (χ3v) is 4.90. The number of hydrogen-bond acceptors (Lipinski definition) is 6. The number of benzene rings is 1. The van der Waals surface area contributed by atoms with Gasteiger partial charge in [0.2, 0.25) is 11.9 Å². The minimum absolute atomic E-state index is 0.0764. The first-order valence-corrected chi connectivity index (χ1v) is 9.74. The van der Waals surface area contributed by atoms with Gasteiger partial charge >= 0.3 is 0 Å². The molecule has 142 valence electrons. The van der Waals surface area contributed by atoms with E-state index in [1.165, 1.54) is 11.8 Å². The second-order valence-corrected chi connectivity index (χ2v) is 7.24. The third-order valence-electron chi connectivity index (χ3n) is 3.78. The highest BCUT2D eigenvalue weighted by atomic mass is 35.5. The predicted octanol–water partition coefficient (Wildman–Crippen LogP) is 3.83. The molecule has 4 aromatic rings. The summed E-state index contributed by atoms with van der Waals surface area (Å²) in [6.07, 6.45) is 1.89. The van der Waals surface area contributed by atoms with Crippen molar-refractivity contribution in [2.45, 2.75) is 17.0 Å². The Morgan fingerprint density at radius 1 is 1.25 bits per heavy atom. The van der Waals surface area contributed by atoms with Crippen LogP contribution in [0, 0.1) is 6.92 Å². The molecule has 0 aliphatic rings. The molecule has 1 aromatic carbocycles. The van der Waals surface area contributed by atoms with E-state index in [4.69, 9.17) is 11.6 Å². The average Bonchev–Trinajstić information content (AvgIpc) is 3.32. The summed E-state index contributed by atoms with van der Waals surface area (Å²) in [6.45, 7) is 1.93. The summed E-state index contributed by atoms with van der Waals surface area (Å²) in [6, 6.07) is 13.1. The van der Waals surface area contributed by atoms with Crippen molar-refractivity contribution in [1.82, 2.24) is 24.6 Å². The van der Waals surface area contributed by atoms with E-state index in [0.29, 0.717) is 22.6 Å². The Morgan fingerprint density at radius 3 is 2.79 bits per heavy atom. The van der Waals surface area contributed by atoms with Crippen LogP contribution in [0.3, 0.4) is 0 Å². The second-order valence-electron chi connectivity index (χ2n) is 5.94. The average molecular weight is 414 g/mol. The summed E-state index contributed by atoms with van der Waals surface area (Å²) in [7, 11) is 0. The van der Waals surface area contributed by atoms with E-state index >= 15 is 0 Å². The molecule has 0 unspecified atom stereocenters. The van der Waals surface area contributed by atoms with Gasteiger partial charge in [-0.3, -0.25) is 14.3 Å². The van der Waals surface area contributed by atoms with Crippen LogP contribution >= 0.6 is 23.4 Å². The van der Waals surface area contributed by atoms with Crippen molar-refractivity contribution in [3.63, 3.8) is 0 Å². The molecule has 3 heterocycles. The smallest absolute Gasteiger partial charge is 0.239 e. The van der Waals surface area contributed by atoms with Crippen molar-refractivity contribution in [3.05, 3.63) is 54.4 Å². The van der Waals surface area contributed by atoms with Gasteiger partial charge in [-0.2, -0.15) is 10.1 Å². The van der Waals surface area contributed by atoms with Crippen molar-refractivity contribution >= 4 is 52.4 Å². The number of alkyl halides is 1. The molecule has 0 fully saturated rings. The second kappa shape index (κ2) is 7.91. The number of fused-ring (bicyclic) bond motifs is 1. The molecule has 8 nitrogen and oxygen atoms in total. The molecule has 1 amide bonds. The number of carbonyl (C=O) groups is 1. The Kier molecular flexibility index (Phi) is 5.18. The van der Waals surface area contributed by atoms with Crippen molar-refractivity contribution in [2.24, 2.45) is 0 Å². The summed E-state index contributed by atoms with van der Waals surface area (Å²) < 4.78 is 1.86. The maximum atomic E-state index is 11.4. The number of nitrogens with zero attached hydrogens (tertiary/aromatic N) is 4. The molecule has 0 saturated carbocycles. The fourth-order valence-electron chi connectivity index (χ4n) is 2.55. The van der Waals surface area contributed by atoms with Crippen LogP contribution in [-0.4, -0.2) is 36.4 Å². The zero-order valence-electron chi connectivity index (χ0n) is 14.8. The fourth-order valence-corrected chi connectivity index (χ4v) is 3.37. The van der Waals surface area contributed by atoms with Gasteiger partial charge in [-0.05, 0) is 55.1 Å². The maximum Gasteiger partial charge on any atom is 0.239 e. The molecule has 0 saturated heterocycles. The number of halogens is 1. The number of anilines is 3. The number of H-pyrrole nitrogens is 1. The van der Waals surface area contributed by atoms with Gasteiger partial charge in [0.1, 0.15) is 11.5 Å². The Balaban J connectivity index is 1.57. The standard InChI is InChI=1S/C18H16ClN7OS/c1-11-9-14(25-24-11)21-17-23-18(22-15-3-2-8-26(15)17)28-13-6-4-12(5-7-13)20-16(27)10-19/h2-9H,10H2,1H3,(H,20,27)(H2,21,22,23,24,25). The van der Waals surface area contributed by atoms with Gasteiger partial charge in [0.05, 0.1) is 0 Å². The Labute approximate surface area is 169 Å². The summed E-state index contributed by atoms with van der Waals surface area (Å²) in [4.78, 5) is 21.5. The number of aromatic amines is 1. The lowest BCUT2D eigenvalue weighted by molar-refractivity contribution is -0.113. The number of rotatable bonds is 6. The number of amides is 1. The van der Waals surface area contributed by atoms with E-state index in [1.807, 2.05) is 60.0 Å². The van der Waals surface area contributed by atoms with Gasteiger partial charge in [0.25, 0.3) is 0 Å². The quantitative estimate of drug-likeness (QED) is 0.415. The maximum absolute atomic E-state index is 11.4. The zero-order valence-corrected chi connectivity index (χ0v) is 16.4. The van der Waals surface area contributed by atoms with Gasteiger partial charge in [0.15, 0.2) is 11.0 Å². The summed E-state index contributed by atoms with van der Waals surface area (Å²) >= 11 is 6.93. The van der Waals surface area contributed by atoms with Gasteiger partial charge in [0, 0.05) is 28.5 Å². The molecular weight excluding hydrogens is 398 g/mol. The van der Waals surface area contributed by atoms with Crippen LogP contribution in [0.1, 0.15) is 5.69 Å². The van der Waals surface area contributed by atoms with Gasteiger partial charge < -0.3 is 10.6 Å². The Bertz CT molecular complexity index is 1120. The van der Waals surface area contributed by atoms with Crippen molar-refractivity contribution in [2.75, 3.05) is 16.5 Å². The lowest BCUT2D eigenvalue weighted by Gasteiger charge is -2.09. The van der Waals surface area contributed by atoms with Gasteiger partial charge in [-0.15, -0.1) is 11.6 Å².